The van der Waals surface area contributed by atoms with E-state index >= 15 is 0 Å². The first-order chi connectivity index (χ1) is 8.16. The molecule has 0 heterocycles. The molecule has 1 aromatic carbocycles. The monoisotopic (exact) mass is 231 g/mol. The average molecular weight is 231 g/mol. The fraction of sp³-hybridized carbons (Fsp3) is 0.625. The maximum atomic E-state index is 6.34. The van der Waals surface area contributed by atoms with E-state index in [9.17, 15) is 0 Å². The molecular weight excluding hydrogens is 206 g/mol. The van der Waals surface area contributed by atoms with Crippen molar-refractivity contribution < 1.29 is 0 Å². The van der Waals surface area contributed by atoms with E-state index in [0.717, 1.165) is 5.92 Å². The van der Waals surface area contributed by atoms with Crippen molar-refractivity contribution in [1.82, 2.24) is 0 Å². The number of benzene rings is 1. The van der Waals surface area contributed by atoms with Gasteiger partial charge in [-0.2, -0.15) is 0 Å². The van der Waals surface area contributed by atoms with Gasteiger partial charge in [-0.25, -0.2) is 0 Å². The van der Waals surface area contributed by atoms with Gasteiger partial charge in [-0.1, -0.05) is 50.3 Å². The normalized spacial score (nSPS) is 19.2. The average Bonchev–Trinajstić information content (AvgIpc) is 2.34. The lowest BCUT2D eigenvalue weighted by molar-refractivity contribution is 0.319. The number of rotatable bonds is 3. The molecule has 1 unspecified atom stereocenters. The molecule has 1 nitrogen and oxygen atoms in total. The third-order valence-corrected chi connectivity index (χ3v) is 4.27. The predicted molar refractivity (Wildman–Crippen MR) is 74.0 cm³/mol. The van der Waals surface area contributed by atoms with Gasteiger partial charge in [0.25, 0.3) is 0 Å². The molecule has 0 aromatic heterocycles. The van der Waals surface area contributed by atoms with Crippen molar-refractivity contribution in [1.29, 1.82) is 0 Å². The van der Waals surface area contributed by atoms with Gasteiger partial charge in [0.05, 0.1) is 0 Å². The number of aryl methyl sites for hydroxylation is 2. The van der Waals surface area contributed by atoms with Crippen molar-refractivity contribution in [2.24, 2.45) is 11.7 Å². The van der Waals surface area contributed by atoms with Crippen LogP contribution in [0, 0.1) is 19.8 Å². The molecule has 1 heteroatoms. The minimum atomic E-state index is 0.234. The Morgan fingerprint density at radius 2 is 1.82 bits per heavy atom. The molecule has 1 aliphatic rings. The van der Waals surface area contributed by atoms with Crippen LogP contribution in [0.2, 0.25) is 0 Å². The van der Waals surface area contributed by atoms with Crippen molar-refractivity contribution in [2.45, 2.75) is 58.4 Å². The molecule has 1 aromatic rings. The van der Waals surface area contributed by atoms with Crippen LogP contribution >= 0.6 is 0 Å². The highest BCUT2D eigenvalue weighted by Gasteiger charge is 2.17. The van der Waals surface area contributed by atoms with Crippen LogP contribution in [0.5, 0.6) is 0 Å². The number of hydrogen-bond acceptors (Lipinski definition) is 1. The molecule has 94 valence electrons. The Kier molecular flexibility index (Phi) is 4.22. The zero-order chi connectivity index (χ0) is 12.3. The highest BCUT2D eigenvalue weighted by molar-refractivity contribution is 5.31. The van der Waals surface area contributed by atoms with E-state index in [4.69, 9.17) is 5.73 Å². The number of hydrogen-bond donors (Lipinski definition) is 1. The summed E-state index contributed by atoms with van der Waals surface area (Å²) < 4.78 is 0. The van der Waals surface area contributed by atoms with E-state index in [1.54, 1.807) is 0 Å². The van der Waals surface area contributed by atoms with Crippen molar-refractivity contribution in [2.75, 3.05) is 0 Å². The molecule has 2 rings (SSSR count). The summed E-state index contributed by atoms with van der Waals surface area (Å²) in [5.41, 5.74) is 10.4. The maximum Gasteiger partial charge on any atom is 0.0297 e. The van der Waals surface area contributed by atoms with Crippen molar-refractivity contribution in [3.8, 4) is 0 Å². The van der Waals surface area contributed by atoms with Gasteiger partial charge < -0.3 is 5.73 Å². The van der Waals surface area contributed by atoms with Crippen LogP contribution in [0.3, 0.4) is 0 Å². The molecule has 1 aliphatic carbocycles. The highest BCUT2D eigenvalue weighted by atomic mass is 14.6. The van der Waals surface area contributed by atoms with Crippen LogP contribution in [-0.4, -0.2) is 0 Å². The molecule has 2 N–H and O–H groups in total. The first-order valence-corrected chi connectivity index (χ1v) is 6.99. The Morgan fingerprint density at radius 1 is 1.12 bits per heavy atom. The smallest absolute Gasteiger partial charge is 0.0297 e. The van der Waals surface area contributed by atoms with Gasteiger partial charge in [0.15, 0.2) is 0 Å². The lowest BCUT2D eigenvalue weighted by atomic mass is 9.83. The molecular formula is C16H25N. The Bertz CT molecular complexity index is 364. The van der Waals surface area contributed by atoms with Crippen LogP contribution in [0.4, 0.5) is 0 Å². The van der Waals surface area contributed by atoms with Crippen molar-refractivity contribution in [3.63, 3.8) is 0 Å². The molecule has 0 bridgehead atoms. The third-order valence-electron chi connectivity index (χ3n) is 4.27. The largest absolute Gasteiger partial charge is 0.324 e. The van der Waals surface area contributed by atoms with Gasteiger partial charge in [-0.05, 0) is 42.9 Å². The van der Waals surface area contributed by atoms with Gasteiger partial charge in [0.2, 0.25) is 0 Å². The van der Waals surface area contributed by atoms with E-state index < -0.39 is 0 Å². The molecule has 0 amide bonds. The SMILES string of the molecule is Cc1ccc(C(N)CC2CCCCC2)cc1C. The molecule has 0 spiro atoms. The van der Waals surface area contributed by atoms with Crippen LogP contribution in [0.15, 0.2) is 18.2 Å². The summed E-state index contributed by atoms with van der Waals surface area (Å²) in [6, 6.07) is 6.90. The van der Waals surface area contributed by atoms with E-state index in [1.807, 2.05) is 0 Å². The maximum absolute atomic E-state index is 6.34. The predicted octanol–water partition coefficient (Wildman–Crippen LogP) is 4.27. The van der Waals surface area contributed by atoms with E-state index in [0.29, 0.717) is 0 Å². The van der Waals surface area contributed by atoms with Crippen LogP contribution < -0.4 is 5.73 Å². The van der Waals surface area contributed by atoms with Gasteiger partial charge in [0, 0.05) is 6.04 Å². The zero-order valence-electron chi connectivity index (χ0n) is 11.2. The molecule has 1 fully saturated rings. The molecule has 17 heavy (non-hydrogen) atoms. The Labute approximate surface area is 105 Å². The quantitative estimate of drug-likeness (QED) is 0.826. The summed E-state index contributed by atoms with van der Waals surface area (Å²) >= 11 is 0. The van der Waals surface area contributed by atoms with Crippen LogP contribution in [0.1, 0.15) is 61.3 Å². The van der Waals surface area contributed by atoms with Crippen molar-refractivity contribution in [3.05, 3.63) is 34.9 Å². The van der Waals surface area contributed by atoms with Crippen molar-refractivity contribution >= 4 is 0 Å². The third kappa shape index (κ3) is 3.32. The minimum absolute atomic E-state index is 0.234. The van der Waals surface area contributed by atoms with Crippen LogP contribution in [-0.2, 0) is 0 Å². The van der Waals surface area contributed by atoms with E-state index in [-0.39, 0.29) is 6.04 Å². The van der Waals surface area contributed by atoms with Gasteiger partial charge in [-0.3, -0.25) is 0 Å². The van der Waals surface area contributed by atoms with Crippen LogP contribution in [0.25, 0.3) is 0 Å². The summed E-state index contributed by atoms with van der Waals surface area (Å²) in [4.78, 5) is 0. The second-order valence-corrected chi connectivity index (χ2v) is 5.69. The Hall–Kier alpha value is -0.820. The summed E-state index contributed by atoms with van der Waals surface area (Å²) in [5, 5.41) is 0. The molecule has 1 atom stereocenters. The van der Waals surface area contributed by atoms with Gasteiger partial charge in [-0.15, -0.1) is 0 Å². The van der Waals surface area contributed by atoms with E-state index in [2.05, 4.69) is 32.0 Å². The lowest BCUT2D eigenvalue weighted by Gasteiger charge is -2.25. The Balaban J connectivity index is 1.98. The first-order valence-electron chi connectivity index (χ1n) is 6.99. The zero-order valence-corrected chi connectivity index (χ0v) is 11.2. The molecule has 0 saturated heterocycles. The molecule has 1 saturated carbocycles. The summed E-state index contributed by atoms with van der Waals surface area (Å²) in [6.07, 6.45) is 8.18. The summed E-state index contributed by atoms with van der Waals surface area (Å²) in [7, 11) is 0. The van der Waals surface area contributed by atoms with Gasteiger partial charge in [0.1, 0.15) is 0 Å². The summed E-state index contributed by atoms with van der Waals surface area (Å²) in [5.74, 6) is 0.861. The van der Waals surface area contributed by atoms with Gasteiger partial charge >= 0.3 is 0 Å². The fourth-order valence-corrected chi connectivity index (χ4v) is 2.91. The standard InChI is InChI=1S/C16H25N/c1-12-8-9-15(10-13(12)2)16(17)11-14-6-4-3-5-7-14/h8-10,14,16H,3-7,11,17H2,1-2H3. The lowest BCUT2D eigenvalue weighted by Crippen LogP contribution is -2.17. The second kappa shape index (κ2) is 5.68. The van der Waals surface area contributed by atoms with E-state index in [1.165, 1.54) is 55.2 Å². The molecule has 0 aliphatic heterocycles. The topological polar surface area (TPSA) is 26.0 Å². The fourth-order valence-electron chi connectivity index (χ4n) is 2.91. The Morgan fingerprint density at radius 3 is 2.47 bits per heavy atom. The number of nitrogens with two attached hydrogens (primary N) is 1. The minimum Gasteiger partial charge on any atom is -0.324 e. The second-order valence-electron chi connectivity index (χ2n) is 5.69. The molecule has 0 radical (unpaired) electrons. The summed E-state index contributed by atoms with van der Waals surface area (Å²) in [6.45, 7) is 4.33. The first kappa shape index (κ1) is 12.6. The highest BCUT2D eigenvalue weighted by Crippen LogP contribution is 2.31.